The number of carbonyl (C=O) groups excluding carboxylic acids is 1. The summed E-state index contributed by atoms with van der Waals surface area (Å²) >= 11 is 0. The first kappa shape index (κ1) is 21.2. The lowest BCUT2D eigenvalue weighted by Crippen LogP contribution is -2.36. The summed E-state index contributed by atoms with van der Waals surface area (Å²) in [7, 11) is 1.57. The Morgan fingerprint density at radius 1 is 1.27 bits per heavy atom. The third kappa shape index (κ3) is 5.31. The van der Waals surface area contributed by atoms with Gasteiger partial charge in [-0.3, -0.25) is 4.79 Å². The number of carbonyl (C=O) groups is 1. The number of rotatable bonds is 7. The molecule has 0 bridgehead atoms. The topological polar surface area (TPSA) is 83.8 Å². The van der Waals surface area contributed by atoms with E-state index >= 15 is 0 Å². The van der Waals surface area contributed by atoms with Crippen molar-refractivity contribution < 1.29 is 19.0 Å². The lowest BCUT2D eigenvalue weighted by atomic mass is 10.1. The van der Waals surface area contributed by atoms with Crippen LogP contribution in [0.2, 0.25) is 0 Å². The first-order valence-electron chi connectivity index (χ1n) is 9.81. The Hall–Kier alpha value is -3.50. The fraction of sp³-hybridized carbons (Fsp3) is 0.304. The summed E-state index contributed by atoms with van der Waals surface area (Å²) in [6.45, 7) is 5.41. The van der Waals surface area contributed by atoms with Crippen molar-refractivity contribution in [1.82, 2.24) is 0 Å². The van der Waals surface area contributed by atoms with Crippen molar-refractivity contribution in [2.75, 3.05) is 50.2 Å². The normalized spacial score (nSPS) is 14.0. The molecule has 0 aromatic heterocycles. The van der Waals surface area contributed by atoms with E-state index < -0.39 is 5.91 Å². The molecule has 2 aromatic carbocycles. The summed E-state index contributed by atoms with van der Waals surface area (Å²) in [6.07, 6.45) is 1.53. The molecule has 0 saturated carbocycles. The maximum Gasteiger partial charge on any atom is 0.266 e. The van der Waals surface area contributed by atoms with Crippen molar-refractivity contribution in [3.8, 4) is 17.6 Å². The van der Waals surface area contributed by atoms with E-state index in [1.165, 1.54) is 6.08 Å². The summed E-state index contributed by atoms with van der Waals surface area (Å²) in [5, 5.41) is 12.3. The molecule has 1 fully saturated rings. The third-order valence-electron chi connectivity index (χ3n) is 4.66. The van der Waals surface area contributed by atoms with Crippen LogP contribution in [0.4, 0.5) is 11.4 Å². The van der Waals surface area contributed by atoms with Crippen molar-refractivity contribution in [3.63, 3.8) is 0 Å². The van der Waals surface area contributed by atoms with E-state index in [1.54, 1.807) is 31.4 Å². The van der Waals surface area contributed by atoms with E-state index in [4.69, 9.17) is 14.2 Å². The minimum Gasteiger partial charge on any atom is -0.496 e. The molecule has 7 heteroatoms. The monoisotopic (exact) mass is 407 g/mol. The van der Waals surface area contributed by atoms with Gasteiger partial charge >= 0.3 is 0 Å². The zero-order valence-electron chi connectivity index (χ0n) is 17.2. The Morgan fingerprint density at radius 3 is 2.77 bits per heavy atom. The standard InChI is InChI=1S/C23H25N3O4/c1-3-30-21-6-4-5-19(14-21)25-23(27)18(16-24)13-17-7-8-20(15-22(17)28-2)26-9-11-29-12-10-26/h4-8,13-15H,3,9-12H2,1-2H3,(H,25,27)/b18-13-. The van der Waals surface area contributed by atoms with Crippen molar-refractivity contribution in [2.24, 2.45) is 0 Å². The van der Waals surface area contributed by atoms with Crippen molar-refractivity contribution in [2.45, 2.75) is 6.92 Å². The second kappa shape index (κ2) is 10.3. The number of ether oxygens (including phenoxy) is 3. The van der Waals surface area contributed by atoms with E-state index in [0.717, 1.165) is 18.8 Å². The number of methoxy groups -OCH3 is 1. The number of nitrogens with zero attached hydrogens (tertiary/aromatic N) is 2. The first-order chi connectivity index (χ1) is 14.6. The quantitative estimate of drug-likeness (QED) is 0.559. The second-order valence-corrected chi connectivity index (χ2v) is 6.61. The highest BCUT2D eigenvalue weighted by atomic mass is 16.5. The maximum atomic E-state index is 12.6. The fourth-order valence-electron chi connectivity index (χ4n) is 3.17. The number of nitrogens with one attached hydrogen (secondary N) is 1. The highest BCUT2D eigenvalue weighted by Crippen LogP contribution is 2.28. The van der Waals surface area contributed by atoms with Crippen LogP contribution in [-0.2, 0) is 9.53 Å². The molecule has 2 aromatic rings. The molecule has 1 saturated heterocycles. The van der Waals surface area contributed by atoms with Gasteiger partial charge < -0.3 is 24.4 Å². The fourth-order valence-corrected chi connectivity index (χ4v) is 3.17. The molecule has 0 spiro atoms. The highest BCUT2D eigenvalue weighted by Gasteiger charge is 2.15. The van der Waals surface area contributed by atoms with Crippen LogP contribution in [0.25, 0.3) is 6.08 Å². The zero-order valence-corrected chi connectivity index (χ0v) is 17.2. The number of hydrogen-bond acceptors (Lipinski definition) is 6. The molecule has 0 radical (unpaired) electrons. The SMILES string of the molecule is CCOc1cccc(NC(=O)/C(C#N)=C\c2ccc(N3CCOCC3)cc2OC)c1. The Morgan fingerprint density at radius 2 is 2.07 bits per heavy atom. The smallest absolute Gasteiger partial charge is 0.266 e. The summed E-state index contributed by atoms with van der Waals surface area (Å²) in [5.41, 5.74) is 2.21. The third-order valence-corrected chi connectivity index (χ3v) is 4.66. The van der Waals surface area contributed by atoms with Gasteiger partial charge in [0.2, 0.25) is 0 Å². The molecule has 0 atom stereocenters. The van der Waals surface area contributed by atoms with Crippen LogP contribution in [0.1, 0.15) is 12.5 Å². The number of anilines is 2. The van der Waals surface area contributed by atoms with Crippen LogP contribution in [0.3, 0.4) is 0 Å². The predicted octanol–water partition coefficient (Wildman–Crippen LogP) is 3.48. The van der Waals surface area contributed by atoms with E-state index in [1.807, 2.05) is 31.2 Å². The number of nitriles is 1. The van der Waals surface area contributed by atoms with E-state index in [0.29, 0.717) is 42.6 Å². The minimum absolute atomic E-state index is 0.0192. The van der Waals surface area contributed by atoms with Crippen LogP contribution in [0, 0.1) is 11.3 Å². The molecule has 1 aliphatic rings. The van der Waals surface area contributed by atoms with Gasteiger partial charge in [0.05, 0.1) is 26.9 Å². The predicted molar refractivity (Wildman–Crippen MR) is 116 cm³/mol. The van der Waals surface area contributed by atoms with Crippen LogP contribution in [-0.4, -0.2) is 45.9 Å². The number of amides is 1. The van der Waals surface area contributed by atoms with Crippen molar-refractivity contribution >= 4 is 23.4 Å². The lowest BCUT2D eigenvalue weighted by molar-refractivity contribution is -0.112. The van der Waals surface area contributed by atoms with E-state index in [-0.39, 0.29) is 5.57 Å². The summed E-state index contributed by atoms with van der Waals surface area (Å²) in [6, 6.07) is 14.7. The molecular formula is C23H25N3O4. The Balaban J connectivity index is 1.80. The largest absolute Gasteiger partial charge is 0.496 e. The molecule has 3 rings (SSSR count). The molecule has 0 unspecified atom stereocenters. The molecule has 0 aliphatic carbocycles. The molecule has 1 heterocycles. The number of morpholine rings is 1. The molecule has 1 amide bonds. The second-order valence-electron chi connectivity index (χ2n) is 6.61. The molecule has 7 nitrogen and oxygen atoms in total. The zero-order chi connectivity index (χ0) is 21.3. The molecule has 30 heavy (non-hydrogen) atoms. The van der Waals surface area contributed by atoms with Gasteiger partial charge in [-0.1, -0.05) is 6.07 Å². The number of hydrogen-bond donors (Lipinski definition) is 1. The maximum absolute atomic E-state index is 12.6. The first-order valence-corrected chi connectivity index (χ1v) is 9.81. The molecule has 156 valence electrons. The Labute approximate surface area is 176 Å². The summed E-state index contributed by atoms with van der Waals surface area (Å²) in [5.74, 6) is 0.751. The van der Waals surface area contributed by atoms with Gasteiger partial charge in [0.15, 0.2) is 0 Å². The van der Waals surface area contributed by atoms with Crippen molar-refractivity contribution in [3.05, 3.63) is 53.6 Å². The van der Waals surface area contributed by atoms with Crippen LogP contribution < -0.4 is 19.7 Å². The van der Waals surface area contributed by atoms with Gasteiger partial charge in [0.1, 0.15) is 23.1 Å². The average Bonchev–Trinajstić information content (AvgIpc) is 2.78. The Kier molecular flexibility index (Phi) is 7.30. The van der Waals surface area contributed by atoms with Crippen molar-refractivity contribution in [1.29, 1.82) is 5.26 Å². The lowest BCUT2D eigenvalue weighted by Gasteiger charge is -2.29. The Bertz CT molecular complexity index is 959. The van der Waals surface area contributed by atoms with Gasteiger partial charge in [-0.15, -0.1) is 0 Å². The van der Waals surface area contributed by atoms with Crippen LogP contribution in [0.5, 0.6) is 11.5 Å². The van der Waals surface area contributed by atoms with Gasteiger partial charge in [-0.2, -0.15) is 5.26 Å². The summed E-state index contributed by atoms with van der Waals surface area (Å²) < 4.78 is 16.3. The average molecular weight is 407 g/mol. The van der Waals surface area contributed by atoms with Gasteiger partial charge in [0, 0.05) is 42.2 Å². The number of benzene rings is 2. The van der Waals surface area contributed by atoms with Crippen LogP contribution >= 0.6 is 0 Å². The van der Waals surface area contributed by atoms with Gasteiger partial charge in [-0.25, -0.2) is 0 Å². The molecule has 1 aliphatic heterocycles. The molecular weight excluding hydrogens is 382 g/mol. The van der Waals surface area contributed by atoms with Crippen LogP contribution in [0.15, 0.2) is 48.0 Å². The van der Waals surface area contributed by atoms with E-state index in [9.17, 15) is 10.1 Å². The van der Waals surface area contributed by atoms with Gasteiger partial charge in [0.25, 0.3) is 5.91 Å². The highest BCUT2D eigenvalue weighted by molar-refractivity contribution is 6.09. The molecule has 1 N–H and O–H groups in total. The van der Waals surface area contributed by atoms with E-state index in [2.05, 4.69) is 10.2 Å². The summed E-state index contributed by atoms with van der Waals surface area (Å²) in [4.78, 5) is 14.8. The minimum atomic E-state index is -0.495. The van der Waals surface area contributed by atoms with Gasteiger partial charge in [-0.05, 0) is 37.3 Å².